The second kappa shape index (κ2) is 6.53. The Kier molecular flexibility index (Phi) is 4.99. The Hall–Kier alpha value is -0.870. The van der Waals surface area contributed by atoms with Gasteiger partial charge in [0.05, 0.1) is 5.41 Å². The van der Waals surface area contributed by atoms with E-state index in [2.05, 4.69) is 28.2 Å². The standard InChI is InChI=1S/C15H20BrNO2/c1-2-7-15(8-9-17-11-15)14(18)19-10-12-3-5-13(16)6-4-12/h3-6,17H,2,7-11H2,1H3. The van der Waals surface area contributed by atoms with Crippen LogP contribution in [0.1, 0.15) is 31.7 Å². The number of esters is 1. The van der Waals surface area contributed by atoms with E-state index < -0.39 is 0 Å². The number of benzene rings is 1. The van der Waals surface area contributed by atoms with E-state index in [9.17, 15) is 4.79 Å². The molecule has 1 aromatic carbocycles. The summed E-state index contributed by atoms with van der Waals surface area (Å²) in [6, 6.07) is 7.86. The Morgan fingerprint density at radius 2 is 2.16 bits per heavy atom. The second-order valence-electron chi connectivity index (χ2n) is 5.16. The number of carbonyl (C=O) groups is 1. The second-order valence-corrected chi connectivity index (χ2v) is 6.08. The van der Waals surface area contributed by atoms with Crippen LogP contribution in [-0.2, 0) is 16.1 Å². The van der Waals surface area contributed by atoms with Crippen LogP contribution in [0, 0.1) is 5.41 Å². The van der Waals surface area contributed by atoms with Crippen LogP contribution in [0.3, 0.4) is 0 Å². The smallest absolute Gasteiger partial charge is 0.313 e. The lowest BCUT2D eigenvalue weighted by molar-refractivity contribution is -0.156. The van der Waals surface area contributed by atoms with Gasteiger partial charge >= 0.3 is 5.97 Å². The maximum Gasteiger partial charge on any atom is 0.313 e. The van der Waals surface area contributed by atoms with Crippen molar-refractivity contribution in [3.05, 3.63) is 34.3 Å². The number of carbonyl (C=O) groups excluding carboxylic acids is 1. The molecular formula is C15H20BrNO2. The molecule has 1 aliphatic heterocycles. The molecule has 19 heavy (non-hydrogen) atoms. The minimum absolute atomic E-state index is 0.0535. The van der Waals surface area contributed by atoms with Crippen molar-refractivity contribution in [3.63, 3.8) is 0 Å². The zero-order valence-electron chi connectivity index (χ0n) is 11.2. The molecule has 0 saturated carbocycles. The van der Waals surface area contributed by atoms with E-state index in [1.165, 1.54) is 0 Å². The van der Waals surface area contributed by atoms with Gasteiger partial charge in [0.2, 0.25) is 0 Å². The Bertz CT molecular complexity index is 424. The molecule has 104 valence electrons. The third-order valence-electron chi connectivity index (χ3n) is 3.69. The third kappa shape index (κ3) is 3.57. The molecule has 2 rings (SSSR count). The van der Waals surface area contributed by atoms with Gasteiger partial charge in [-0.2, -0.15) is 0 Å². The predicted octanol–water partition coefficient (Wildman–Crippen LogP) is 3.27. The lowest BCUT2D eigenvalue weighted by Gasteiger charge is -2.25. The molecule has 0 amide bonds. The predicted molar refractivity (Wildman–Crippen MR) is 78.8 cm³/mol. The van der Waals surface area contributed by atoms with Gasteiger partial charge in [0, 0.05) is 11.0 Å². The number of nitrogens with one attached hydrogen (secondary N) is 1. The molecular weight excluding hydrogens is 306 g/mol. The summed E-state index contributed by atoms with van der Waals surface area (Å²) in [4.78, 5) is 12.3. The molecule has 1 N–H and O–H groups in total. The van der Waals surface area contributed by atoms with Gasteiger partial charge in [0.1, 0.15) is 6.61 Å². The van der Waals surface area contributed by atoms with Crippen LogP contribution < -0.4 is 5.32 Å². The van der Waals surface area contributed by atoms with E-state index in [1.807, 2.05) is 24.3 Å². The average molecular weight is 326 g/mol. The van der Waals surface area contributed by atoms with Gasteiger partial charge in [-0.25, -0.2) is 0 Å². The zero-order chi connectivity index (χ0) is 13.7. The lowest BCUT2D eigenvalue weighted by atomic mass is 9.82. The lowest BCUT2D eigenvalue weighted by Crippen LogP contribution is -2.35. The Morgan fingerprint density at radius 3 is 2.74 bits per heavy atom. The molecule has 1 unspecified atom stereocenters. The molecule has 0 spiro atoms. The van der Waals surface area contributed by atoms with Crippen molar-refractivity contribution in [1.82, 2.24) is 5.32 Å². The van der Waals surface area contributed by atoms with Crippen molar-refractivity contribution < 1.29 is 9.53 Å². The molecule has 0 aliphatic carbocycles. The molecule has 0 bridgehead atoms. The fourth-order valence-corrected chi connectivity index (χ4v) is 2.86. The summed E-state index contributed by atoms with van der Waals surface area (Å²) in [5.41, 5.74) is 0.721. The van der Waals surface area contributed by atoms with Crippen molar-refractivity contribution in [3.8, 4) is 0 Å². The van der Waals surface area contributed by atoms with Crippen LogP contribution in [0.15, 0.2) is 28.7 Å². The van der Waals surface area contributed by atoms with Crippen LogP contribution in [0.25, 0.3) is 0 Å². The first-order valence-electron chi connectivity index (χ1n) is 6.79. The van der Waals surface area contributed by atoms with Crippen LogP contribution in [0.2, 0.25) is 0 Å². The molecule has 1 fully saturated rings. The van der Waals surface area contributed by atoms with Crippen molar-refractivity contribution in [2.75, 3.05) is 13.1 Å². The highest BCUT2D eigenvalue weighted by atomic mass is 79.9. The Balaban J connectivity index is 1.94. The largest absolute Gasteiger partial charge is 0.460 e. The first kappa shape index (κ1) is 14.5. The van der Waals surface area contributed by atoms with Gasteiger partial charge in [-0.15, -0.1) is 0 Å². The van der Waals surface area contributed by atoms with Gasteiger partial charge in [0.15, 0.2) is 0 Å². The van der Waals surface area contributed by atoms with Crippen molar-refractivity contribution in [1.29, 1.82) is 0 Å². The fourth-order valence-electron chi connectivity index (χ4n) is 2.59. The van der Waals surface area contributed by atoms with Gasteiger partial charge in [-0.3, -0.25) is 4.79 Å². The summed E-state index contributed by atoms with van der Waals surface area (Å²) in [6.45, 7) is 4.13. The van der Waals surface area contributed by atoms with Gasteiger partial charge in [-0.05, 0) is 37.1 Å². The van der Waals surface area contributed by atoms with Crippen molar-refractivity contribution >= 4 is 21.9 Å². The van der Waals surface area contributed by atoms with Gasteiger partial charge in [0.25, 0.3) is 0 Å². The zero-order valence-corrected chi connectivity index (χ0v) is 12.8. The highest BCUT2D eigenvalue weighted by Crippen LogP contribution is 2.32. The average Bonchev–Trinajstić information content (AvgIpc) is 2.88. The van der Waals surface area contributed by atoms with Crippen LogP contribution in [-0.4, -0.2) is 19.1 Å². The Labute approximate surface area is 122 Å². The highest BCUT2D eigenvalue weighted by Gasteiger charge is 2.41. The van der Waals surface area contributed by atoms with Gasteiger partial charge < -0.3 is 10.1 Å². The van der Waals surface area contributed by atoms with E-state index in [0.29, 0.717) is 6.61 Å². The minimum atomic E-state index is -0.301. The maximum absolute atomic E-state index is 12.3. The van der Waals surface area contributed by atoms with Crippen molar-refractivity contribution in [2.24, 2.45) is 5.41 Å². The first-order valence-corrected chi connectivity index (χ1v) is 7.58. The number of halogens is 1. The quantitative estimate of drug-likeness (QED) is 0.844. The van der Waals surface area contributed by atoms with Crippen molar-refractivity contribution in [2.45, 2.75) is 32.8 Å². The summed E-state index contributed by atoms with van der Waals surface area (Å²) in [5.74, 6) is -0.0535. The molecule has 1 saturated heterocycles. The summed E-state index contributed by atoms with van der Waals surface area (Å²) >= 11 is 3.39. The molecule has 4 heteroatoms. The highest BCUT2D eigenvalue weighted by molar-refractivity contribution is 9.10. The first-order chi connectivity index (χ1) is 9.16. The summed E-state index contributed by atoms with van der Waals surface area (Å²) in [7, 11) is 0. The van der Waals surface area contributed by atoms with E-state index in [0.717, 1.165) is 42.4 Å². The molecule has 1 heterocycles. The monoisotopic (exact) mass is 325 g/mol. The number of hydrogen-bond acceptors (Lipinski definition) is 3. The van der Waals surface area contributed by atoms with Crippen LogP contribution in [0.5, 0.6) is 0 Å². The Morgan fingerprint density at radius 1 is 1.42 bits per heavy atom. The van der Waals surface area contributed by atoms with Gasteiger partial charge in [-0.1, -0.05) is 41.4 Å². The van der Waals surface area contributed by atoms with Crippen LogP contribution >= 0.6 is 15.9 Å². The summed E-state index contributed by atoms with van der Waals surface area (Å²) < 4.78 is 6.55. The summed E-state index contributed by atoms with van der Waals surface area (Å²) in [5, 5.41) is 3.28. The maximum atomic E-state index is 12.3. The minimum Gasteiger partial charge on any atom is -0.460 e. The van der Waals surface area contributed by atoms with Crippen LogP contribution in [0.4, 0.5) is 0 Å². The van der Waals surface area contributed by atoms with E-state index in [1.54, 1.807) is 0 Å². The van der Waals surface area contributed by atoms with E-state index in [4.69, 9.17) is 4.74 Å². The molecule has 3 nitrogen and oxygen atoms in total. The third-order valence-corrected chi connectivity index (χ3v) is 4.22. The molecule has 0 aromatic heterocycles. The molecule has 1 aliphatic rings. The normalized spacial score (nSPS) is 22.4. The van der Waals surface area contributed by atoms with E-state index >= 15 is 0 Å². The summed E-state index contributed by atoms with van der Waals surface area (Å²) in [6.07, 6.45) is 2.80. The SMILES string of the molecule is CCCC1(C(=O)OCc2ccc(Br)cc2)CCNC1. The molecule has 1 aromatic rings. The fraction of sp³-hybridized carbons (Fsp3) is 0.533. The number of rotatable bonds is 5. The number of hydrogen-bond donors (Lipinski definition) is 1. The molecule has 0 radical (unpaired) electrons. The number of ether oxygens (including phenoxy) is 1. The topological polar surface area (TPSA) is 38.3 Å². The van der Waals surface area contributed by atoms with E-state index in [-0.39, 0.29) is 11.4 Å². The molecule has 1 atom stereocenters.